The fourth-order valence-electron chi connectivity index (χ4n) is 1.78. The minimum Gasteiger partial charge on any atom is -0.265 e. The van der Waals surface area contributed by atoms with Crippen molar-refractivity contribution < 1.29 is 0 Å². The maximum absolute atomic E-state index is 5.98. The Morgan fingerprint density at radius 3 is 2.61 bits per heavy atom. The van der Waals surface area contributed by atoms with Crippen LogP contribution in [-0.4, -0.2) is 14.8 Å². The Morgan fingerprint density at radius 2 is 1.83 bits per heavy atom. The van der Waals surface area contributed by atoms with Crippen LogP contribution in [0.4, 0.5) is 0 Å². The zero-order valence-corrected chi connectivity index (χ0v) is 10.2. The molecule has 0 aliphatic heterocycles. The average Bonchev–Trinajstić information content (AvgIpc) is 2.89. The topological polar surface area (TPSA) is 30.7 Å². The summed E-state index contributed by atoms with van der Waals surface area (Å²) >= 11 is 5.98. The Balaban J connectivity index is 2.00. The number of hydrogen-bond donors (Lipinski definition) is 0. The molecular weight excluding hydrogens is 246 g/mol. The van der Waals surface area contributed by atoms with Gasteiger partial charge in [0.15, 0.2) is 0 Å². The number of hydrogen-bond acceptors (Lipinski definition) is 2. The summed E-state index contributed by atoms with van der Waals surface area (Å²) in [6, 6.07) is 11.6. The van der Waals surface area contributed by atoms with Gasteiger partial charge in [0.25, 0.3) is 0 Å². The molecule has 1 aromatic carbocycles. The molecule has 0 bridgehead atoms. The van der Waals surface area contributed by atoms with Crippen LogP contribution in [0.3, 0.4) is 0 Å². The third kappa shape index (κ3) is 2.13. The molecule has 18 heavy (non-hydrogen) atoms. The van der Waals surface area contributed by atoms with Crippen molar-refractivity contribution in [2.24, 2.45) is 0 Å². The van der Waals surface area contributed by atoms with E-state index < -0.39 is 0 Å². The van der Waals surface area contributed by atoms with Crippen LogP contribution in [-0.2, 0) is 0 Å². The Bertz CT molecular complexity index is 662. The fourth-order valence-corrected chi connectivity index (χ4v) is 1.97. The molecule has 2 aromatic heterocycles. The number of aromatic nitrogens is 3. The average molecular weight is 256 g/mol. The Kier molecular flexibility index (Phi) is 2.82. The quantitative estimate of drug-likeness (QED) is 0.701. The number of nitrogens with zero attached hydrogens (tertiary/aromatic N) is 3. The Morgan fingerprint density at radius 1 is 1.00 bits per heavy atom. The monoisotopic (exact) mass is 255 g/mol. The lowest BCUT2D eigenvalue weighted by atomic mass is 10.1. The smallest absolute Gasteiger partial charge is 0.0676 e. The second kappa shape index (κ2) is 4.63. The zero-order valence-electron chi connectivity index (χ0n) is 9.49. The molecule has 0 aliphatic rings. The summed E-state index contributed by atoms with van der Waals surface area (Å²) in [7, 11) is 0. The van der Waals surface area contributed by atoms with Gasteiger partial charge in [-0.15, -0.1) is 0 Å². The van der Waals surface area contributed by atoms with Crippen LogP contribution < -0.4 is 0 Å². The van der Waals surface area contributed by atoms with Crippen LogP contribution in [0.5, 0.6) is 0 Å². The highest BCUT2D eigenvalue weighted by Crippen LogP contribution is 2.22. The second-order valence-electron chi connectivity index (χ2n) is 3.89. The molecule has 0 spiro atoms. The van der Waals surface area contributed by atoms with Gasteiger partial charge in [-0.1, -0.05) is 23.7 Å². The van der Waals surface area contributed by atoms with E-state index in [2.05, 4.69) is 10.1 Å². The van der Waals surface area contributed by atoms with E-state index in [4.69, 9.17) is 11.6 Å². The van der Waals surface area contributed by atoms with Gasteiger partial charge >= 0.3 is 0 Å². The van der Waals surface area contributed by atoms with Gasteiger partial charge in [0.2, 0.25) is 0 Å². The highest BCUT2D eigenvalue weighted by atomic mass is 35.5. The maximum atomic E-state index is 5.98. The number of halogens is 1. The summed E-state index contributed by atoms with van der Waals surface area (Å²) in [5.74, 6) is 0. The minimum atomic E-state index is 0.726. The van der Waals surface area contributed by atoms with Gasteiger partial charge in [-0.25, -0.2) is 4.68 Å². The molecule has 4 heteroatoms. The van der Waals surface area contributed by atoms with E-state index in [9.17, 15) is 0 Å². The van der Waals surface area contributed by atoms with Gasteiger partial charge in [0, 0.05) is 29.2 Å². The molecule has 3 rings (SSSR count). The molecular formula is C14H10ClN3. The van der Waals surface area contributed by atoms with E-state index in [1.165, 1.54) is 0 Å². The lowest BCUT2D eigenvalue weighted by molar-refractivity contribution is 0.878. The van der Waals surface area contributed by atoms with Crippen molar-refractivity contribution in [3.8, 4) is 16.8 Å². The van der Waals surface area contributed by atoms with Crippen LogP contribution >= 0.6 is 11.6 Å². The van der Waals surface area contributed by atoms with Gasteiger partial charge in [-0.3, -0.25) is 4.98 Å². The van der Waals surface area contributed by atoms with Crippen LogP contribution in [0.2, 0.25) is 5.02 Å². The van der Waals surface area contributed by atoms with Crippen molar-refractivity contribution in [3.05, 3.63) is 66.2 Å². The van der Waals surface area contributed by atoms with Crippen LogP contribution in [0.15, 0.2) is 61.2 Å². The highest BCUT2D eigenvalue weighted by molar-refractivity contribution is 6.30. The predicted molar refractivity (Wildman–Crippen MR) is 71.8 cm³/mol. The lowest BCUT2D eigenvalue weighted by Crippen LogP contribution is -1.93. The molecule has 0 N–H and O–H groups in total. The number of benzene rings is 1. The van der Waals surface area contributed by atoms with Gasteiger partial charge in [-0.05, 0) is 29.8 Å². The van der Waals surface area contributed by atoms with E-state index in [1.54, 1.807) is 12.4 Å². The van der Waals surface area contributed by atoms with Crippen molar-refractivity contribution in [3.63, 3.8) is 0 Å². The van der Waals surface area contributed by atoms with E-state index in [0.717, 1.165) is 21.8 Å². The highest BCUT2D eigenvalue weighted by Gasteiger charge is 2.03. The van der Waals surface area contributed by atoms with E-state index >= 15 is 0 Å². The molecule has 3 nitrogen and oxygen atoms in total. The lowest BCUT2D eigenvalue weighted by Gasteiger charge is -1.99. The van der Waals surface area contributed by atoms with E-state index in [-0.39, 0.29) is 0 Å². The molecule has 88 valence electrons. The van der Waals surface area contributed by atoms with Crippen LogP contribution in [0.1, 0.15) is 0 Å². The van der Waals surface area contributed by atoms with E-state index in [1.807, 2.05) is 53.5 Å². The molecule has 0 fully saturated rings. The van der Waals surface area contributed by atoms with Gasteiger partial charge in [0.05, 0.1) is 11.9 Å². The SMILES string of the molecule is Clc1cccc(-c2cnn(-c3ccncc3)c2)c1. The van der Waals surface area contributed by atoms with E-state index in [0.29, 0.717) is 0 Å². The predicted octanol–water partition coefficient (Wildman–Crippen LogP) is 3.59. The normalized spacial score (nSPS) is 10.5. The summed E-state index contributed by atoms with van der Waals surface area (Å²) in [6.07, 6.45) is 7.29. The molecule has 2 heterocycles. The number of pyridine rings is 1. The van der Waals surface area contributed by atoms with Gasteiger partial charge < -0.3 is 0 Å². The second-order valence-corrected chi connectivity index (χ2v) is 4.33. The van der Waals surface area contributed by atoms with Gasteiger partial charge in [0.1, 0.15) is 0 Å². The van der Waals surface area contributed by atoms with Crippen LogP contribution in [0, 0.1) is 0 Å². The van der Waals surface area contributed by atoms with Crippen molar-refractivity contribution in [2.75, 3.05) is 0 Å². The molecule has 0 amide bonds. The molecule has 0 saturated heterocycles. The van der Waals surface area contributed by atoms with Crippen LogP contribution in [0.25, 0.3) is 16.8 Å². The Hall–Kier alpha value is -2.13. The van der Waals surface area contributed by atoms with Crippen molar-refractivity contribution >= 4 is 11.6 Å². The van der Waals surface area contributed by atoms with Gasteiger partial charge in [-0.2, -0.15) is 5.10 Å². The molecule has 0 unspecified atom stereocenters. The van der Waals surface area contributed by atoms with Crippen molar-refractivity contribution in [1.29, 1.82) is 0 Å². The summed E-state index contributed by atoms with van der Waals surface area (Å²) in [6.45, 7) is 0. The first-order valence-electron chi connectivity index (χ1n) is 5.54. The largest absolute Gasteiger partial charge is 0.265 e. The third-order valence-electron chi connectivity index (χ3n) is 2.67. The fraction of sp³-hybridized carbons (Fsp3) is 0. The zero-order chi connectivity index (χ0) is 12.4. The third-order valence-corrected chi connectivity index (χ3v) is 2.90. The molecule has 0 radical (unpaired) electrons. The standard InChI is InChI=1S/C14H10ClN3/c15-13-3-1-2-11(8-13)12-9-17-18(10-12)14-4-6-16-7-5-14/h1-10H. The molecule has 0 saturated carbocycles. The summed E-state index contributed by atoms with van der Waals surface area (Å²) in [5.41, 5.74) is 3.08. The minimum absolute atomic E-state index is 0.726. The Labute approximate surface area is 110 Å². The molecule has 3 aromatic rings. The summed E-state index contributed by atoms with van der Waals surface area (Å²) in [5, 5.41) is 5.06. The first-order chi connectivity index (χ1) is 8.83. The van der Waals surface area contributed by atoms with Crippen molar-refractivity contribution in [1.82, 2.24) is 14.8 Å². The molecule has 0 atom stereocenters. The maximum Gasteiger partial charge on any atom is 0.0676 e. The summed E-state index contributed by atoms with van der Waals surface area (Å²) in [4.78, 5) is 3.99. The summed E-state index contributed by atoms with van der Waals surface area (Å²) < 4.78 is 1.82. The first-order valence-corrected chi connectivity index (χ1v) is 5.92. The van der Waals surface area contributed by atoms with Crippen molar-refractivity contribution in [2.45, 2.75) is 0 Å². The number of rotatable bonds is 2. The first kappa shape index (κ1) is 11.0. The molecule has 0 aliphatic carbocycles.